The van der Waals surface area contributed by atoms with Gasteiger partial charge in [-0.25, -0.2) is 4.79 Å². The van der Waals surface area contributed by atoms with Gasteiger partial charge in [-0.05, 0) is 35.4 Å². The van der Waals surface area contributed by atoms with Crippen molar-refractivity contribution in [2.45, 2.75) is 12.0 Å². The zero-order valence-electron chi connectivity index (χ0n) is 14.3. The van der Waals surface area contributed by atoms with Gasteiger partial charge in [0.25, 0.3) is 5.91 Å². The van der Waals surface area contributed by atoms with Gasteiger partial charge in [0.2, 0.25) is 0 Å². The molecule has 1 aliphatic carbocycles. The van der Waals surface area contributed by atoms with E-state index in [2.05, 4.69) is 5.32 Å². The van der Waals surface area contributed by atoms with Crippen LogP contribution in [-0.2, 0) is 9.53 Å². The van der Waals surface area contributed by atoms with Gasteiger partial charge in [0.15, 0.2) is 5.60 Å². The average Bonchev–Trinajstić information content (AvgIpc) is 2.68. The van der Waals surface area contributed by atoms with Crippen molar-refractivity contribution in [3.8, 4) is 0 Å². The predicted molar refractivity (Wildman–Crippen MR) is 98.4 cm³/mol. The molecule has 5 heteroatoms. The van der Waals surface area contributed by atoms with E-state index in [-0.39, 0.29) is 12.3 Å². The molecular formula is C21H19NO4. The molecule has 2 aromatic rings. The lowest BCUT2D eigenvalue weighted by Gasteiger charge is -2.30. The lowest BCUT2D eigenvalue weighted by molar-refractivity contribution is -0.156. The van der Waals surface area contributed by atoms with Gasteiger partial charge in [0.1, 0.15) is 0 Å². The van der Waals surface area contributed by atoms with Crippen molar-refractivity contribution < 1.29 is 19.4 Å². The minimum Gasteiger partial charge on any atom is -0.479 e. The smallest absolute Gasteiger partial charge is 0.340 e. The van der Waals surface area contributed by atoms with Crippen LogP contribution in [0.3, 0.4) is 0 Å². The molecule has 0 spiro atoms. The van der Waals surface area contributed by atoms with E-state index in [1.165, 1.54) is 13.2 Å². The molecule has 5 nitrogen and oxygen atoms in total. The normalized spacial score (nSPS) is 19.3. The van der Waals surface area contributed by atoms with E-state index < -0.39 is 11.6 Å². The molecule has 2 aromatic carbocycles. The Labute approximate surface area is 151 Å². The summed E-state index contributed by atoms with van der Waals surface area (Å²) in [6, 6.07) is 18.2. The van der Waals surface area contributed by atoms with E-state index in [1.54, 1.807) is 30.3 Å². The maximum atomic E-state index is 12.5. The Hall–Kier alpha value is -3.18. The first-order chi connectivity index (χ1) is 12.5. The van der Waals surface area contributed by atoms with E-state index in [4.69, 9.17) is 4.74 Å². The molecule has 0 aromatic heterocycles. The second-order valence-electron chi connectivity index (χ2n) is 6.03. The first-order valence-corrected chi connectivity index (χ1v) is 8.18. The highest BCUT2D eigenvalue weighted by Crippen LogP contribution is 2.34. The van der Waals surface area contributed by atoms with Gasteiger partial charge in [-0.15, -0.1) is 0 Å². The van der Waals surface area contributed by atoms with Crippen molar-refractivity contribution in [1.82, 2.24) is 5.32 Å². The van der Waals surface area contributed by atoms with Crippen LogP contribution in [0.4, 0.5) is 0 Å². The highest BCUT2D eigenvalue weighted by molar-refractivity contribution is 5.96. The summed E-state index contributed by atoms with van der Waals surface area (Å²) in [5.41, 5.74) is 1.02. The van der Waals surface area contributed by atoms with Crippen LogP contribution in [0.2, 0.25) is 0 Å². The third-order valence-corrected chi connectivity index (χ3v) is 4.34. The zero-order valence-corrected chi connectivity index (χ0v) is 14.3. The Morgan fingerprint density at radius 1 is 1.04 bits per heavy atom. The number of carbonyl (C=O) groups excluding carboxylic acids is 1. The number of allylic oxidation sites excluding steroid dienone is 1. The molecule has 1 aliphatic rings. The number of carboxylic acids is 1. The molecule has 0 saturated carbocycles. The second kappa shape index (κ2) is 7.37. The van der Waals surface area contributed by atoms with Gasteiger partial charge in [0.05, 0.1) is 0 Å². The number of benzene rings is 2. The lowest BCUT2D eigenvalue weighted by atomic mass is 9.85. The first-order valence-electron chi connectivity index (χ1n) is 8.18. The van der Waals surface area contributed by atoms with Gasteiger partial charge in [-0.1, -0.05) is 48.5 Å². The van der Waals surface area contributed by atoms with Crippen molar-refractivity contribution in [3.05, 3.63) is 89.6 Å². The van der Waals surface area contributed by atoms with Crippen LogP contribution in [0.1, 0.15) is 22.3 Å². The fourth-order valence-electron chi connectivity index (χ4n) is 2.92. The average molecular weight is 349 g/mol. The molecule has 0 aliphatic heterocycles. The molecule has 1 unspecified atom stereocenters. The van der Waals surface area contributed by atoms with E-state index in [9.17, 15) is 14.7 Å². The van der Waals surface area contributed by atoms with Crippen molar-refractivity contribution in [1.29, 1.82) is 0 Å². The third-order valence-electron chi connectivity index (χ3n) is 4.34. The molecule has 0 saturated heterocycles. The van der Waals surface area contributed by atoms with E-state index in [0.717, 1.165) is 11.1 Å². The van der Waals surface area contributed by atoms with Crippen LogP contribution in [0, 0.1) is 0 Å². The van der Waals surface area contributed by atoms with Crippen LogP contribution in [0.25, 0.3) is 5.57 Å². The molecule has 132 valence electrons. The van der Waals surface area contributed by atoms with Gasteiger partial charge in [0, 0.05) is 24.8 Å². The van der Waals surface area contributed by atoms with Gasteiger partial charge >= 0.3 is 5.97 Å². The fourth-order valence-corrected chi connectivity index (χ4v) is 2.92. The molecule has 26 heavy (non-hydrogen) atoms. The molecule has 1 amide bonds. The van der Waals surface area contributed by atoms with Gasteiger partial charge in [-0.2, -0.15) is 0 Å². The molecule has 0 bridgehead atoms. The summed E-state index contributed by atoms with van der Waals surface area (Å²) < 4.78 is 5.34. The molecule has 0 radical (unpaired) electrons. The van der Waals surface area contributed by atoms with Crippen molar-refractivity contribution >= 4 is 17.4 Å². The molecule has 1 atom stereocenters. The summed E-state index contributed by atoms with van der Waals surface area (Å²) in [5.74, 6) is -1.41. The zero-order chi connectivity index (χ0) is 18.6. The number of hydrogen-bond donors (Lipinski definition) is 2. The maximum Gasteiger partial charge on any atom is 0.340 e. The number of ether oxygens (including phenoxy) is 1. The number of rotatable bonds is 5. The number of carboxylic acid groups (broad SMARTS) is 1. The molecule has 2 N–H and O–H groups in total. The van der Waals surface area contributed by atoms with Crippen LogP contribution >= 0.6 is 0 Å². The van der Waals surface area contributed by atoms with E-state index in [1.807, 2.05) is 36.4 Å². The lowest BCUT2D eigenvalue weighted by Crippen LogP contribution is -2.42. The van der Waals surface area contributed by atoms with E-state index in [0.29, 0.717) is 11.3 Å². The summed E-state index contributed by atoms with van der Waals surface area (Å²) in [5, 5.41) is 12.5. The third kappa shape index (κ3) is 3.58. The van der Waals surface area contributed by atoms with Crippen molar-refractivity contribution in [2.24, 2.45) is 0 Å². The summed E-state index contributed by atoms with van der Waals surface area (Å²) in [6.45, 7) is 0. The standard InChI is InChI=1S/C21H19NO4/c1-26-21(20(24)25)13-17(15-8-4-2-5-9-15)12-18(14-21)22-19(23)16-10-6-3-7-11-16/h2-12,14H,13H2,1H3,(H,22,23)(H,24,25). The van der Waals surface area contributed by atoms with Crippen LogP contribution in [0.15, 0.2) is 78.5 Å². The number of hydrogen-bond acceptors (Lipinski definition) is 3. The fraction of sp³-hybridized carbons (Fsp3) is 0.143. The Kier molecular flexibility index (Phi) is 5.00. The minimum absolute atomic E-state index is 0.174. The number of amides is 1. The van der Waals surface area contributed by atoms with E-state index >= 15 is 0 Å². The van der Waals surface area contributed by atoms with Gasteiger partial charge in [-0.3, -0.25) is 4.79 Å². The summed E-state index contributed by atoms with van der Waals surface area (Å²) in [4.78, 5) is 24.3. The Balaban J connectivity index is 1.98. The number of nitrogens with one attached hydrogen (secondary N) is 1. The summed E-state index contributed by atoms with van der Waals surface area (Å²) >= 11 is 0. The molecule has 0 heterocycles. The maximum absolute atomic E-state index is 12.5. The Morgan fingerprint density at radius 2 is 1.65 bits per heavy atom. The molecule has 0 fully saturated rings. The largest absolute Gasteiger partial charge is 0.479 e. The summed E-state index contributed by atoms with van der Waals surface area (Å²) in [7, 11) is 1.36. The molecule has 3 rings (SSSR count). The second-order valence-corrected chi connectivity index (χ2v) is 6.03. The van der Waals surface area contributed by atoms with Crippen LogP contribution < -0.4 is 5.32 Å². The minimum atomic E-state index is -1.53. The highest BCUT2D eigenvalue weighted by atomic mass is 16.5. The SMILES string of the molecule is COC1(C(=O)O)C=C(NC(=O)c2ccccc2)C=C(c2ccccc2)C1. The monoisotopic (exact) mass is 349 g/mol. The van der Waals surface area contributed by atoms with Crippen LogP contribution in [-0.4, -0.2) is 29.7 Å². The van der Waals surface area contributed by atoms with Gasteiger partial charge < -0.3 is 15.2 Å². The number of methoxy groups -OCH3 is 1. The highest BCUT2D eigenvalue weighted by Gasteiger charge is 2.40. The number of aliphatic carboxylic acids is 1. The Bertz CT molecular complexity index is 871. The predicted octanol–water partition coefficient (Wildman–Crippen LogP) is 3.26. The van der Waals surface area contributed by atoms with Crippen molar-refractivity contribution in [2.75, 3.05) is 7.11 Å². The number of carbonyl (C=O) groups is 2. The van der Waals surface area contributed by atoms with Crippen molar-refractivity contribution in [3.63, 3.8) is 0 Å². The topological polar surface area (TPSA) is 75.6 Å². The summed E-state index contributed by atoms with van der Waals surface area (Å²) in [6.07, 6.45) is 3.41. The first kappa shape index (κ1) is 17.6. The molecular weight excluding hydrogens is 330 g/mol. The quantitative estimate of drug-likeness (QED) is 0.869. The Morgan fingerprint density at radius 3 is 2.23 bits per heavy atom. The van der Waals surface area contributed by atoms with Crippen LogP contribution in [0.5, 0.6) is 0 Å².